The van der Waals surface area contributed by atoms with E-state index in [1.165, 1.54) is 7.05 Å². The van der Waals surface area contributed by atoms with Crippen molar-refractivity contribution in [2.45, 2.75) is 38.8 Å². The van der Waals surface area contributed by atoms with E-state index in [1.807, 2.05) is 13.8 Å². The number of nitrogens with one attached hydrogen (secondary N) is 2. The van der Waals surface area contributed by atoms with Gasteiger partial charge in [0, 0.05) is 13.1 Å². The molecule has 0 radical (unpaired) electrons. The highest BCUT2D eigenvalue weighted by molar-refractivity contribution is 5.80. The molecule has 0 rings (SSSR count). The molecule has 0 saturated carbocycles. The molecule has 78 valence electrons. The maximum atomic E-state index is 11.1. The van der Waals surface area contributed by atoms with Crippen LogP contribution in [0.4, 0.5) is 0 Å². The molecule has 4 heteroatoms. The summed E-state index contributed by atoms with van der Waals surface area (Å²) in [6, 6.07) is -0.130. The largest absolute Gasteiger partial charge is 0.382 e. The number of aliphatic hydroxyl groups excluding tert-OH is 1. The normalized spacial score (nSPS) is 15.1. The van der Waals surface area contributed by atoms with Crippen LogP contribution in [0.1, 0.15) is 26.7 Å². The molecule has 0 aliphatic heterocycles. The first-order chi connectivity index (χ1) is 6.17. The van der Waals surface area contributed by atoms with Crippen LogP contribution < -0.4 is 10.6 Å². The Morgan fingerprint density at radius 1 is 1.46 bits per heavy atom. The summed E-state index contributed by atoms with van der Waals surface area (Å²) in [6.45, 7) is 4.75. The molecule has 4 nitrogen and oxygen atoms in total. The van der Waals surface area contributed by atoms with Crippen molar-refractivity contribution in [2.24, 2.45) is 0 Å². The molecule has 0 heterocycles. The lowest BCUT2D eigenvalue weighted by atomic mass is 10.1. The molecule has 0 aromatic carbocycles. The number of amides is 1. The van der Waals surface area contributed by atoms with E-state index in [0.29, 0.717) is 0 Å². The topological polar surface area (TPSA) is 61.4 Å². The zero-order chi connectivity index (χ0) is 10.3. The van der Waals surface area contributed by atoms with E-state index in [9.17, 15) is 9.90 Å². The SMILES string of the molecule is CCCC(NCC)C(O)C(=O)NC. The van der Waals surface area contributed by atoms with Crippen LogP contribution in [0.25, 0.3) is 0 Å². The van der Waals surface area contributed by atoms with Crippen LogP contribution in [0, 0.1) is 0 Å². The van der Waals surface area contributed by atoms with Gasteiger partial charge in [-0.25, -0.2) is 0 Å². The summed E-state index contributed by atoms with van der Waals surface area (Å²) in [5, 5.41) is 15.1. The van der Waals surface area contributed by atoms with Gasteiger partial charge in [-0.2, -0.15) is 0 Å². The zero-order valence-corrected chi connectivity index (χ0v) is 8.63. The summed E-state index contributed by atoms with van der Waals surface area (Å²) in [7, 11) is 1.53. The first kappa shape index (κ1) is 12.4. The van der Waals surface area contributed by atoms with Gasteiger partial charge < -0.3 is 15.7 Å². The Balaban J connectivity index is 4.08. The van der Waals surface area contributed by atoms with Crippen LogP contribution in [0.5, 0.6) is 0 Å². The monoisotopic (exact) mass is 188 g/mol. The Hall–Kier alpha value is -0.610. The Morgan fingerprint density at radius 2 is 2.08 bits per heavy atom. The zero-order valence-electron chi connectivity index (χ0n) is 8.63. The molecule has 0 aliphatic rings. The molecular weight excluding hydrogens is 168 g/mol. The van der Waals surface area contributed by atoms with Gasteiger partial charge in [0.2, 0.25) is 5.91 Å². The lowest BCUT2D eigenvalue weighted by molar-refractivity contribution is -0.130. The Bertz CT molecular complexity index is 145. The van der Waals surface area contributed by atoms with E-state index in [1.54, 1.807) is 0 Å². The number of hydrogen-bond donors (Lipinski definition) is 3. The van der Waals surface area contributed by atoms with Gasteiger partial charge in [-0.15, -0.1) is 0 Å². The summed E-state index contributed by atoms with van der Waals surface area (Å²) in [5.41, 5.74) is 0. The van der Waals surface area contributed by atoms with Gasteiger partial charge >= 0.3 is 0 Å². The minimum absolute atomic E-state index is 0.130. The van der Waals surface area contributed by atoms with Crippen molar-refractivity contribution in [2.75, 3.05) is 13.6 Å². The lowest BCUT2D eigenvalue weighted by Crippen LogP contribution is -2.47. The van der Waals surface area contributed by atoms with Crippen molar-refractivity contribution < 1.29 is 9.90 Å². The number of likely N-dealkylation sites (N-methyl/N-ethyl adjacent to an activating group) is 2. The van der Waals surface area contributed by atoms with Gasteiger partial charge in [-0.3, -0.25) is 4.79 Å². The molecule has 0 saturated heterocycles. The first-order valence-electron chi connectivity index (χ1n) is 4.80. The summed E-state index contributed by atoms with van der Waals surface area (Å²) in [6.07, 6.45) is 0.818. The van der Waals surface area contributed by atoms with E-state index in [4.69, 9.17) is 0 Å². The van der Waals surface area contributed by atoms with E-state index in [0.717, 1.165) is 19.4 Å². The smallest absolute Gasteiger partial charge is 0.250 e. The van der Waals surface area contributed by atoms with Crippen molar-refractivity contribution in [1.29, 1.82) is 0 Å². The minimum atomic E-state index is -0.940. The Labute approximate surface area is 79.7 Å². The summed E-state index contributed by atoms with van der Waals surface area (Å²) < 4.78 is 0. The number of hydrogen-bond acceptors (Lipinski definition) is 3. The van der Waals surface area contributed by atoms with E-state index >= 15 is 0 Å². The highest BCUT2D eigenvalue weighted by Gasteiger charge is 2.23. The maximum Gasteiger partial charge on any atom is 0.250 e. The molecule has 0 fully saturated rings. The van der Waals surface area contributed by atoms with E-state index < -0.39 is 6.10 Å². The molecule has 0 aliphatic carbocycles. The predicted molar refractivity (Wildman–Crippen MR) is 52.4 cm³/mol. The second-order valence-corrected chi connectivity index (χ2v) is 3.01. The Kier molecular flexibility index (Phi) is 6.54. The van der Waals surface area contributed by atoms with Crippen molar-refractivity contribution in [3.8, 4) is 0 Å². The van der Waals surface area contributed by atoms with Crippen LogP contribution in [0.15, 0.2) is 0 Å². The first-order valence-corrected chi connectivity index (χ1v) is 4.80. The van der Waals surface area contributed by atoms with Crippen LogP contribution >= 0.6 is 0 Å². The second-order valence-electron chi connectivity index (χ2n) is 3.01. The third-order valence-electron chi connectivity index (χ3n) is 1.96. The molecule has 0 aromatic rings. The van der Waals surface area contributed by atoms with Crippen molar-refractivity contribution >= 4 is 5.91 Å². The number of aliphatic hydroxyl groups is 1. The molecule has 3 N–H and O–H groups in total. The average Bonchev–Trinajstić information content (AvgIpc) is 2.15. The lowest BCUT2D eigenvalue weighted by Gasteiger charge is -2.21. The van der Waals surface area contributed by atoms with Gasteiger partial charge in [0.05, 0.1) is 0 Å². The van der Waals surface area contributed by atoms with E-state index in [-0.39, 0.29) is 11.9 Å². The molecule has 0 bridgehead atoms. The second kappa shape index (κ2) is 6.86. The number of carbonyl (C=O) groups is 1. The third kappa shape index (κ3) is 4.24. The van der Waals surface area contributed by atoms with Crippen molar-refractivity contribution in [1.82, 2.24) is 10.6 Å². The van der Waals surface area contributed by atoms with Crippen LogP contribution in [0.2, 0.25) is 0 Å². The Morgan fingerprint density at radius 3 is 2.46 bits per heavy atom. The molecule has 0 spiro atoms. The molecule has 2 unspecified atom stereocenters. The third-order valence-corrected chi connectivity index (χ3v) is 1.96. The number of carbonyl (C=O) groups excluding carboxylic acids is 1. The molecule has 2 atom stereocenters. The fourth-order valence-corrected chi connectivity index (χ4v) is 1.28. The highest BCUT2D eigenvalue weighted by atomic mass is 16.3. The summed E-state index contributed by atoms with van der Waals surface area (Å²) in [4.78, 5) is 11.1. The maximum absolute atomic E-state index is 11.1. The fourth-order valence-electron chi connectivity index (χ4n) is 1.28. The molecule has 13 heavy (non-hydrogen) atoms. The molecule has 0 aromatic heterocycles. The van der Waals surface area contributed by atoms with Gasteiger partial charge in [0.25, 0.3) is 0 Å². The van der Waals surface area contributed by atoms with E-state index in [2.05, 4.69) is 10.6 Å². The molecule has 1 amide bonds. The summed E-state index contributed by atoms with van der Waals surface area (Å²) >= 11 is 0. The van der Waals surface area contributed by atoms with Crippen LogP contribution in [-0.2, 0) is 4.79 Å². The fraction of sp³-hybridized carbons (Fsp3) is 0.889. The standard InChI is InChI=1S/C9H20N2O2/c1-4-6-7(11-5-2)8(12)9(13)10-3/h7-8,11-12H,4-6H2,1-3H3,(H,10,13). The van der Waals surface area contributed by atoms with Gasteiger partial charge in [-0.05, 0) is 13.0 Å². The van der Waals surface area contributed by atoms with Gasteiger partial charge in [0.15, 0.2) is 0 Å². The number of rotatable bonds is 6. The average molecular weight is 188 g/mol. The summed E-state index contributed by atoms with van der Waals surface area (Å²) in [5.74, 6) is -0.320. The van der Waals surface area contributed by atoms with Gasteiger partial charge in [-0.1, -0.05) is 20.3 Å². The van der Waals surface area contributed by atoms with Crippen molar-refractivity contribution in [3.63, 3.8) is 0 Å². The van der Waals surface area contributed by atoms with Crippen LogP contribution in [-0.4, -0.2) is 36.8 Å². The predicted octanol–water partition coefficient (Wildman–Crippen LogP) is -0.128. The quantitative estimate of drug-likeness (QED) is 0.544. The highest BCUT2D eigenvalue weighted by Crippen LogP contribution is 2.02. The van der Waals surface area contributed by atoms with Crippen molar-refractivity contribution in [3.05, 3.63) is 0 Å². The minimum Gasteiger partial charge on any atom is -0.382 e. The van der Waals surface area contributed by atoms with Crippen LogP contribution in [0.3, 0.4) is 0 Å². The molecular formula is C9H20N2O2. The van der Waals surface area contributed by atoms with Gasteiger partial charge in [0.1, 0.15) is 6.10 Å².